The maximum absolute atomic E-state index is 12.9. The number of nitrogens with one attached hydrogen (secondary N) is 1. The average Bonchev–Trinajstić information content (AvgIpc) is 3.29. The summed E-state index contributed by atoms with van der Waals surface area (Å²) >= 11 is 1.74. The van der Waals surface area contributed by atoms with E-state index < -0.39 is 10.0 Å². The number of nitrogens with zero attached hydrogens (tertiary/aromatic N) is 3. The predicted octanol–water partition coefficient (Wildman–Crippen LogP) is 0.780. The molecular weight excluding hydrogens is 336 g/mol. The molecule has 3 rings (SSSR count). The number of aromatic nitrogens is 2. The zero-order chi connectivity index (χ0) is 16.4. The monoisotopic (exact) mass is 358 g/mol. The number of sulfonamides is 1. The number of thioether (sulfide) groups is 1. The highest BCUT2D eigenvalue weighted by Gasteiger charge is 2.33. The zero-order valence-corrected chi connectivity index (χ0v) is 14.8. The first-order chi connectivity index (χ1) is 11.0. The van der Waals surface area contributed by atoms with Crippen molar-refractivity contribution in [2.24, 2.45) is 5.92 Å². The maximum Gasteiger partial charge on any atom is 0.263 e. The fourth-order valence-corrected chi connectivity index (χ4v) is 5.15. The molecule has 1 saturated heterocycles. The van der Waals surface area contributed by atoms with Gasteiger partial charge in [0.2, 0.25) is 5.03 Å². The predicted molar refractivity (Wildman–Crippen MR) is 89.0 cm³/mol. The standard InChI is InChI=1S/C14H22N4O3S2/c1-2-17-10-12(13(19)15-9-11-3-4-11)14(16-17)23(20,21)18-5-7-22-8-6-18/h10-11H,2-9H2,1H3,(H,15,19). The minimum atomic E-state index is -3.72. The third kappa shape index (κ3) is 3.72. The van der Waals surface area contributed by atoms with Crippen molar-refractivity contribution in [3.05, 3.63) is 11.8 Å². The van der Waals surface area contributed by atoms with Crippen LogP contribution < -0.4 is 5.32 Å². The summed E-state index contributed by atoms with van der Waals surface area (Å²) < 4.78 is 28.7. The van der Waals surface area contributed by atoms with Gasteiger partial charge >= 0.3 is 0 Å². The van der Waals surface area contributed by atoms with Gasteiger partial charge in [0.25, 0.3) is 15.9 Å². The van der Waals surface area contributed by atoms with Gasteiger partial charge in [0, 0.05) is 43.9 Å². The molecule has 2 aliphatic rings. The van der Waals surface area contributed by atoms with E-state index in [0.29, 0.717) is 32.1 Å². The van der Waals surface area contributed by atoms with Crippen LogP contribution in [0.2, 0.25) is 0 Å². The number of aryl methyl sites for hydroxylation is 1. The van der Waals surface area contributed by atoms with Crippen molar-refractivity contribution in [1.82, 2.24) is 19.4 Å². The Morgan fingerprint density at radius 2 is 2.09 bits per heavy atom. The molecule has 0 spiro atoms. The summed E-state index contributed by atoms with van der Waals surface area (Å²) in [7, 11) is -3.72. The van der Waals surface area contributed by atoms with E-state index in [9.17, 15) is 13.2 Å². The highest BCUT2D eigenvalue weighted by atomic mass is 32.2. The third-order valence-electron chi connectivity index (χ3n) is 4.10. The lowest BCUT2D eigenvalue weighted by Crippen LogP contribution is -2.39. The molecular formula is C14H22N4O3S2. The molecule has 1 N–H and O–H groups in total. The van der Waals surface area contributed by atoms with Crippen molar-refractivity contribution in [1.29, 1.82) is 0 Å². The Bertz CT molecular complexity index is 676. The topological polar surface area (TPSA) is 84.3 Å². The molecule has 1 amide bonds. The van der Waals surface area contributed by atoms with Crippen LogP contribution >= 0.6 is 11.8 Å². The van der Waals surface area contributed by atoms with Gasteiger partial charge in [-0.05, 0) is 25.7 Å². The summed E-state index contributed by atoms with van der Waals surface area (Å²) in [6, 6.07) is 0. The molecule has 7 nitrogen and oxygen atoms in total. The lowest BCUT2D eigenvalue weighted by molar-refractivity contribution is 0.0948. The quantitative estimate of drug-likeness (QED) is 0.812. The van der Waals surface area contributed by atoms with Gasteiger partial charge in [-0.3, -0.25) is 9.48 Å². The summed E-state index contributed by atoms with van der Waals surface area (Å²) in [5, 5.41) is 6.88. The highest BCUT2D eigenvalue weighted by Crippen LogP contribution is 2.28. The average molecular weight is 358 g/mol. The summed E-state index contributed by atoms with van der Waals surface area (Å²) in [5.74, 6) is 1.74. The molecule has 0 radical (unpaired) electrons. The second-order valence-corrected chi connectivity index (χ2v) is 8.95. The Hall–Kier alpha value is -1.06. The second kappa shape index (κ2) is 6.82. The van der Waals surface area contributed by atoms with E-state index in [-0.39, 0.29) is 16.5 Å². The molecule has 2 fully saturated rings. The van der Waals surface area contributed by atoms with Gasteiger partial charge < -0.3 is 5.32 Å². The first-order valence-corrected chi connectivity index (χ1v) is 10.6. The van der Waals surface area contributed by atoms with E-state index in [4.69, 9.17) is 0 Å². The van der Waals surface area contributed by atoms with E-state index in [1.54, 1.807) is 11.8 Å². The second-order valence-electron chi connectivity index (χ2n) is 5.87. The fraction of sp³-hybridized carbons (Fsp3) is 0.714. The smallest absolute Gasteiger partial charge is 0.263 e. The fourth-order valence-electron chi connectivity index (χ4n) is 2.48. The lowest BCUT2D eigenvalue weighted by atomic mass is 10.3. The Morgan fingerprint density at radius 3 is 2.70 bits per heavy atom. The lowest BCUT2D eigenvalue weighted by Gasteiger charge is -2.24. The molecule has 0 unspecified atom stereocenters. The Morgan fingerprint density at radius 1 is 1.39 bits per heavy atom. The highest BCUT2D eigenvalue weighted by molar-refractivity contribution is 7.99. The largest absolute Gasteiger partial charge is 0.352 e. The van der Waals surface area contributed by atoms with Crippen LogP contribution in [0.4, 0.5) is 0 Å². The van der Waals surface area contributed by atoms with Crippen molar-refractivity contribution < 1.29 is 13.2 Å². The summed E-state index contributed by atoms with van der Waals surface area (Å²) in [6.07, 6.45) is 3.80. The van der Waals surface area contributed by atoms with E-state index in [1.807, 2.05) is 6.92 Å². The van der Waals surface area contributed by atoms with Gasteiger partial charge in [-0.1, -0.05) is 0 Å². The number of rotatable bonds is 6. The molecule has 0 atom stereocenters. The summed E-state index contributed by atoms with van der Waals surface area (Å²) in [6.45, 7) is 3.93. The molecule has 0 aromatic carbocycles. The normalized spacial score (nSPS) is 19.7. The van der Waals surface area contributed by atoms with Gasteiger partial charge in [0.05, 0.1) is 5.56 Å². The Balaban J connectivity index is 1.86. The van der Waals surface area contributed by atoms with Gasteiger partial charge in [-0.25, -0.2) is 8.42 Å². The SMILES string of the molecule is CCn1cc(C(=O)NCC2CC2)c(S(=O)(=O)N2CCSCC2)n1. The molecule has 128 valence electrons. The Labute approximate surface area is 140 Å². The minimum Gasteiger partial charge on any atom is -0.352 e. The van der Waals surface area contributed by atoms with Crippen LogP contribution in [0, 0.1) is 5.92 Å². The summed E-state index contributed by atoms with van der Waals surface area (Å²) in [4.78, 5) is 12.4. The Kier molecular flexibility index (Phi) is 4.98. The molecule has 0 bridgehead atoms. The maximum atomic E-state index is 12.9. The van der Waals surface area contributed by atoms with Gasteiger partial charge in [0.1, 0.15) is 0 Å². The molecule has 1 aromatic rings. The third-order valence-corrected chi connectivity index (χ3v) is 6.88. The van der Waals surface area contributed by atoms with Crippen LogP contribution in [0.25, 0.3) is 0 Å². The first kappa shape index (κ1) is 16.8. The van der Waals surface area contributed by atoms with Crippen LogP contribution in [0.5, 0.6) is 0 Å². The van der Waals surface area contributed by atoms with Crippen molar-refractivity contribution in [2.75, 3.05) is 31.1 Å². The van der Waals surface area contributed by atoms with Crippen molar-refractivity contribution in [3.63, 3.8) is 0 Å². The van der Waals surface area contributed by atoms with E-state index >= 15 is 0 Å². The van der Waals surface area contributed by atoms with Gasteiger partial charge in [0.15, 0.2) is 0 Å². The molecule has 23 heavy (non-hydrogen) atoms. The minimum absolute atomic E-state index is 0.112. The van der Waals surface area contributed by atoms with Gasteiger partial charge in [-0.15, -0.1) is 0 Å². The molecule has 1 saturated carbocycles. The molecule has 9 heteroatoms. The van der Waals surface area contributed by atoms with Gasteiger partial charge in [-0.2, -0.15) is 21.2 Å². The van der Waals surface area contributed by atoms with E-state index in [2.05, 4.69) is 10.4 Å². The van der Waals surface area contributed by atoms with E-state index in [0.717, 1.165) is 24.3 Å². The molecule has 1 aliphatic carbocycles. The first-order valence-electron chi connectivity index (χ1n) is 7.96. The number of hydrogen-bond acceptors (Lipinski definition) is 5. The van der Waals surface area contributed by atoms with Crippen LogP contribution in [-0.2, 0) is 16.6 Å². The van der Waals surface area contributed by atoms with Crippen LogP contribution in [0.1, 0.15) is 30.1 Å². The number of amides is 1. The number of carbonyl (C=O) groups excluding carboxylic acids is 1. The molecule has 1 aromatic heterocycles. The van der Waals surface area contributed by atoms with Crippen molar-refractivity contribution in [2.45, 2.75) is 31.3 Å². The van der Waals surface area contributed by atoms with Crippen LogP contribution in [0.3, 0.4) is 0 Å². The summed E-state index contributed by atoms with van der Waals surface area (Å²) in [5.41, 5.74) is 0.158. The van der Waals surface area contributed by atoms with Crippen LogP contribution in [-0.4, -0.2) is 59.6 Å². The van der Waals surface area contributed by atoms with E-state index in [1.165, 1.54) is 15.2 Å². The molecule has 2 heterocycles. The van der Waals surface area contributed by atoms with Crippen molar-refractivity contribution >= 4 is 27.7 Å². The number of hydrogen-bond donors (Lipinski definition) is 1. The van der Waals surface area contributed by atoms with Crippen LogP contribution in [0.15, 0.2) is 11.2 Å². The number of carbonyl (C=O) groups is 1. The zero-order valence-electron chi connectivity index (χ0n) is 13.2. The van der Waals surface area contributed by atoms with Crippen molar-refractivity contribution in [3.8, 4) is 0 Å². The molecule has 1 aliphatic heterocycles.